The molecule has 27 heavy (non-hydrogen) atoms. The lowest BCUT2D eigenvalue weighted by Crippen LogP contribution is -2.39. The molecule has 0 amide bonds. The maximum absolute atomic E-state index is 4.49. The maximum Gasteiger partial charge on any atom is 0.193 e. The Hall–Kier alpha value is -1.57. The van der Waals surface area contributed by atoms with E-state index in [1.807, 2.05) is 25.8 Å². The number of imidazole rings is 1. The molecule has 0 bridgehead atoms. The molecule has 1 unspecified atom stereocenters. The van der Waals surface area contributed by atoms with Gasteiger partial charge < -0.3 is 14.8 Å². The first-order chi connectivity index (χ1) is 12.6. The van der Waals surface area contributed by atoms with E-state index in [9.17, 15) is 0 Å². The first kappa shape index (κ1) is 21.7. The summed E-state index contributed by atoms with van der Waals surface area (Å²) < 4.78 is 2.08. The molecule has 1 atom stereocenters. The maximum atomic E-state index is 4.49. The number of aliphatic imine (C=N–C) groups is 1. The number of likely N-dealkylation sites (tertiary alicyclic amines) is 1. The van der Waals surface area contributed by atoms with Crippen molar-refractivity contribution >= 4 is 29.9 Å². The van der Waals surface area contributed by atoms with Gasteiger partial charge in [0.15, 0.2) is 5.96 Å². The highest BCUT2D eigenvalue weighted by Gasteiger charge is 2.25. The Labute approximate surface area is 180 Å². The molecule has 2 heterocycles. The summed E-state index contributed by atoms with van der Waals surface area (Å²) in [6.07, 6.45) is 8.24. The summed E-state index contributed by atoms with van der Waals surface area (Å²) in [4.78, 5) is 11.0. The molecule has 1 aliphatic heterocycles. The quantitative estimate of drug-likeness (QED) is 0.386. The fraction of sp³-hybridized carbons (Fsp3) is 0.524. The molecule has 6 heteroatoms. The Morgan fingerprint density at radius 3 is 2.63 bits per heavy atom. The molecule has 2 aromatic rings. The molecule has 0 aliphatic carbocycles. The van der Waals surface area contributed by atoms with Gasteiger partial charge in [-0.25, -0.2) is 4.98 Å². The summed E-state index contributed by atoms with van der Waals surface area (Å²) in [6.45, 7) is 8.53. The Kier molecular flexibility index (Phi) is 8.60. The van der Waals surface area contributed by atoms with Crippen LogP contribution in [0.2, 0.25) is 0 Å². The van der Waals surface area contributed by atoms with E-state index in [4.69, 9.17) is 0 Å². The zero-order valence-electron chi connectivity index (χ0n) is 16.6. The van der Waals surface area contributed by atoms with Crippen LogP contribution in [0, 0.1) is 11.8 Å². The van der Waals surface area contributed by atoms with Crippen molar-refractivity contribution in [2.45, 2.75) is 39.8 Å². The number of rotatable bonds is 6. The van der Waals surface area contributed by atoms with Crippen molar-refractivity contribution in [2.75, 3.05) is 20.1 Å². The van der Waals surface area contributed by atoms with Crippen molar-refractivity contribution < 1.29 is 0 Å². The minimum atomic E-state index is 0. The van der Waals surface area contributed by atoms with E-state index in [-0.39, 0.29) is 24.0 Å². The fourth-order valence-corrected chi connectivity index (χ4v) is 3.75. The summed E-state index contributed by atoms with van der Waals surface area (Å²) in [6, 6.07) is 8.76. The van der Waals surface area contributed by atoms with Gasteiger partial charge in [-0.1, -0.05) is 38.1 Å². The second kappa shape index (κ2) is 10.7. The van der Waals surface area contributed by atoms with E-state index in [1.54, 1.807) is 0 Å². The van der Waals surface area contributed by atoms with Gasteiger partial charge in [-0.2, -0.15) is 0 Å². The molecule has 148 valence electrons. The lowest BCUT2D eigenvalue weighted by molar-refractivity contribution is 0.403. The highest BCUT2D eigenvalue weighted by atomic mass is 127. The number of nitrogens with zero attached hydrogens (tertiary/aromatic N) is 4. The van der Waals surface area contributed by atoms with Crippen molar-refractivity contribution in [3.63, 3.8) is 0 Å². The van der Waals surface area contributed by atoms with Crippen molar-refractivity contribution in [3.05, 3.63) is 54.1 Å². The fourth-order valence-electron chi connectivity index (χ4n) is 3.75. The first-order valence-corrected chi connectivity index (χ1v) is 9.63. The highest BCUT2D eigenvalue weighted by molar-refractivity contribution is 14.0. The Balaban J connectivity index is 0.00000261. The summed E-state index contributed by atoms with van der Waals surface area (Å²) in [5, 5.41) is 3.53. The number of nitrogens with one attached hydrogen (secondary N) is 1. The minimum absolute atomic E-state index is 0. The van der Waals surface area contributed by atoms with Crippen LogP contribution < -0.4 is 5.32 Å². The minimum Gasteiger partial charge on any atom is -0.352 e. The molecule has 0 radical (unpaired) electrons. The van der Waals surface area contributed by atoms with Gasteiger partial charge in [0.1, 0.15) is 0 Å². The van der Waals surface area contributed by atoms with Crippen LogP contribution in [0.3, 0.4) is 0 Å². The zero-order chi connectivity index (χ0) is 18.4. The van der Waals surface area contributed by atoms with Gasteiger partial charge in [-0.05, 0) is 35.8 Å². The topological polar surface area (TPSA) is 45.5 Å². The number of halogens is 1. The number of benzene rings is 1. The van der Waals surface area contributed by atoms with E-state index in [2.05, 4.69) is 62.9 Å². The third-order valence-corrected chi connectivity index (χ3v) is 5.00. The third-order valence-electron chi connectivity index (χ3n) is 5.00. The number of hydrogen-bond donors (Lipinski definition) is 1. The summed E-state index contributed by atoms with van der Waals surface area (Å²) in [5.41, 5.74) is 2.56. The van der Waals surface area contributed by atoms with E-state index in [0.717, 1.165) is 44.0 Å². The van der Waals surface area contributed by atoms with Crippen LogP contribution in [0.5, 0.6) is 0 Å². The van der Waals surface area contributed by atoms with Gasteiger partial charge in [0.2, 0.25) is 0 Å². The van der Waals surface area contributed by atoms with Crippen molar-refractivity contribution in [1.29, 1.82) is 0 Å². The number of aromatic nitrogens is 2. The summed E-state index contributed by atoms with van der Waals surface area (Å²) >= 11 is 0. The van der Waals surface area contributed by atoms with E-state index in [0.29, 0.717) is 0 Å². The van der Waals surface area contributed by atoms with Crippen LogP contribution in [-0.2, 0) is 13.1 Å². The van der Waals surface area contributed by atoms with Crippen LogP contribution in [-0.4, -0.2) is 40.5 Å². The van der Waals surface area contributed by atoms with Crippen LogP contribution >= 0.6 is 24.0 Å². The normalized spacial score (nSPS) is 17.3. The van der Waals surface area contributed by atoms with Gasteiger partial charge in [0, 0.05) is 45.6 Å². The van der Waals surface area contributed by atoms with Gasteiger partial charge in [0.25, 0.3) is 0 Å². The zero-order valence-corrected chi connectivity index (χ0v) is 19.0. The standard InChI is InChI=1S/C21H31N5.HI/c1-17(2)12-20-8-10-26(15-20)21(22-3)24-13-18-4-6-19(7-5-18)14-25-11-9-23-16-25;/h4-7,9,11,16-17,20H,8,10,12-15H2,1-3H3,(H,22,24);1H. The average molecular weight is 481 g/mol. The molecule has 1 aromatic heterocycles. The summed E-state index contributed by atoms with van der Waals surface area (Å²) in [7, 11) is 1.88. The summed E-state index contributed by atoms with van der Waals surface area (Å²) in [5.74, 6) is 2.60. The lowest BCUT2D eigenvalue weighted by atomic mass is 9.97. The molecular weight excluding hydrogens is 449 g/mol. The Morgan fingerprint density at radius 2 is 2.00 bits per heavy atom. The van der Waals surface area contributed by atoms with Gasteiger partial charge in [-0.3, -0.25) is 4.99 Å². The van der Waals surface area contributed by atoms with Crippen LogP contribution in [0.4, 0.5) is 0 Å². The number of hydrogen-bond acceptors (Lipinski definition) is 2. The van der Waals surface area contributed by atoms with E-state index >= 15 is 0 Å². The van der Waals surface area contributed by atoms with Gasteiger partial charge in [0.05, 0.1) is 6.33 Å². The smallest absolute Gasteiger partial charge is 0.193 e. The van der Waals surface area contributed by atoms with Gasteiger partial charge >= 0.3 is 0 Å². The molecule has 0 saturated carbocycles. The molecule has 1 N–H and O–H groups in total. The molecule has 0 spiro atoms. The molecule has 1 aromatic carbocycles. The van der Waals surface area contributed by atoms with Crippen molar-refractivity contribution in [3.8, 4) is 0 Å². The lowest BCUT2D eigenvalue weighted by Gasteiger charge is -2.22. The molecule has 3 rings (SSSR count). The Morgan fingerprint density at radius 1 is 1.26 bits per heavy atom. The molecule has 5 nitrogen and oxygen atoms in total. The first-order valence-electron chi connectivity index (χ1n) is 9.63. The highest BCUT2D eigenvalue weighted by Crippen LogP contribution is 2.23. The van der Waals surface area contributed by atoms with Crippen molar-refractivity contribution in [2.24, 2.45) is 16.8 Å². The van der Waals surface area contributed by atoms with E-state index in [1.165, 1.54) is 24.0 Å². The largest absolute Gasteiger partial charge is 0.352 e. The molecular formula is C21H32IN5. The van der Waals surface area contributed by atoms with E-state index < -0.39 is 0 Å². The Bertz CT molecular complexity index is 694. The predicted molar refractivity (Wildman–Crippen MR) is 123 cm³/mol. The monoisotopic (exact) mass is 481 g/mol. The second-order valence-electron chi connectivity index (χ2n) is 7.68. The van der Waals surface area contributed by atoms with Crippen LogP contribution in [0.1, 0.15) is 37.8 Å². The average Bonchev–Trinajstić information content (AvgIpc) is 3.29. The molecule has 1 saturated heterocycles. The second-order valence-corrected chi connectivity index (χ2v) is 7.68. The SMILES string of the molecule is CN=C(NCc1ccc(Cn2ccnc2)cc1)N1CCC(CC(C)C)C1.I. The molecule has 1 aliphatic rings. The number of guanidine groups is 1. The van der Waals surface area contributed by atoms with Gasteiger partial charge in [-0.15, -0.1) is 24.0 Å². The van der Waals surface area contributed by atoms with Crippen LogP contribution in [0.25, 0.3) is 0 Å². The molecule has 1 fully saturated rings. The van der Waals surface area contributed by atoms with Crippen LogP contribution in [0.15, 0.2) is 48.0 Å². The third kappa shape index (κ3) is 6.52. The van der Waals surface area contributed by atoms with Crippen molar-refractivity contribution in [1.82, 2.24) is 19.8 Å². The predicted octanol–water partition coefficient (Wildman–Crippen LogP) is 3.99.